The second-order valence-electron chi connectivity index (χ2n) is 5.04. The van der Waals surface area contributed by atoms with Crippen molar-refractivity contribution in [2.45, 2.75) is 18.4 Å². The summed E-state index contributed by atoms with van der Waals surface area (Å²) in [5.74, 6) is 1.09. The normalized spacial score (nSPS) is 10.5. The Balaban J connectivity index is 1.65. The van der Waals surface area contributed by atoms with Gasteiger partial charge >= 0.3 is 0 Å². The molecule has 0 atom stereocenters. The van der Waals surface area contributed by atoms with Crippen molar-refractivity contribution in [2.75, 3.05) is 11.1 Å². The zero-order valence-electron chi connectivity index (χ0n) is 13.2. The van der Waals surface area contributed by atoms with E-state index in [1.165, 1.54) is 11.8 Å². The highest BCUT2D eigenvalue weighted by atomic mass is 32.2. The van der Waals surface area contributed by atoms with E-state index in [1.807, 2.05) is 47.9 Å². The van der Waals surface area contributed by atoms with E-state index in [1.54, 1.807) is 18.7 Å². The van der Waals surface area contributed by atoms with E-state index in [9.17, 15) is 4.79 Å². The van der Waals surface area contributed by atoms with Gasteiger partial charge in [0.15, 0.2) is 5.82 Å². The zero-order valence-corrected chi connectivity index (χ0v) is 14.0. The summed E-state index contributed by atoms with van der Waals surface area (Å²) in [5.41, 5.74) is 1.67. The van der Waals surface area contributed by atoms with Crippen LogP contribution in [0.3, 0.4) is 0 Å². The number of nitrogens with zero attached hydrogens (tertiary/aromatic N) is 4. The Bertz CT molecular complexity index is 819. The number of aromatic nitrogens is 4. The number of hydrogen-bond acceptors (Lipinski definition) is 5. The smallest absolute Gasteiger partial charge is 0.234 e. The average Bonchev–Trinajstić information content (AvgIpc) is 3.10. The van der Waals surface area contributed by atoms with E-state index in [4.69, 9.17) is 0 Å². The molecule has 122 valence electrons. The van der Waals surface area contributed by atoms with Gasteiger partial charge in [-0.2, -0.15) is 0 Å². The van der Waals surface area contributed by atoms with Crippen LogP contribution in [-0.4, -0.2) is 31.4 Å². The first kappa shape index (κ1) is 16.2. The van der Waals surface area contributed by atoms with Crippen LogP contribution < -0.4 is 5.32 Å². The van der Waals surface area contributed by atoms with Gasteiger partial charge in [0.25, 0.3) is 0 Å². The van der Waals surface area contributed by atoms with E-state index in [0.717, 1.165) is 28.5 Å². The number of thioether (sulfide) groups is 1. The summed E-state index contributed by atoms with van der Waals surface area (Å²) >= 11 is 1.48. The topological polar surface area (TPSA) is 72.7 Å². The maximum Gasteiger partial charge on any atom is 0.234 e. The Kier molecular flexibility index (Phi) is 5.22. The van der Waals surface area contributed by atoms with Gasteiger partial charge in [-0.25, -0.2) is 0 Å². The van der Waals surface area contributed by atoms with Crippen molar-refractivity contribution in [1.82, 2.24) is 19.7 Å². The summed E-state index contributed by atoms with van der Waals surface area (Å²) < 4.78 is 1.96. The van der Waals surface area contributed by atoms with Gasteiger partial charge in [-0.3, -0.25) is 9.78 Å². The van der Waals surface area contributed by atoms with Crippen LogP contribution in [0.4, 0.5) is 5.69 Å². The lowest BCUT2D eigenvalue weighted by atomic mass is 10.2. The Hall–Kier alpha value is -2.67. The predicted molar refractivity (Wildman–Crippen MR) is 94.7 cm³/mol. The summed E-state index contributed by atoms with van der Waals surface area (Å²) in [4.78, 5) is 17.1. The largest absolute Gasteiger partial charge is 0.325 e. The molecule has 0 saturated carbocycles. The highest BCUT2D eigenvalue weighted by molar-refractivity contribution is 8.00. The third-order valence-corrected chi connectivity index (χ3v) is 4.39. The summed E-state index contributed by atoms with van der Waals surface area (Å²) in [7, 11) is 0. The molecule has 0 spiro atoms. The number of rotatable bonds is 6. The number of benzene rings is 1. The van der Waals surface area contributed by atoms with E-state index in [-0.39, 0.29) is 5.91 Å². The maximum atomic E-state index is 12.1. The molecule has 0 aliphatic heterocycles. The Labute approximate surface area is 144 Å². The number of pyridine rings is 1. The Morgan fingerprint density at radius 1 is 1.25 bits per heavy atom. The molecule has 0 fully saturated rings. The molecule has 6 nitrogen and oxygen atoms in total. The number of anilines is 1. The van der Waals surface area contributed by atoms with Gasteiger partial charge in [0.2, 0.25) is 5.91 Å². The fraction of sp³-hybridized carbons (Fsp3) is 0.176. The molecule has 0 aliphatic carbocycles. The van der Waals surface area contributed by atoms with Gasteiger partial charge in [-0.15, -0.1) is 22.0 Å². The highest BCUT2D eigenvalue weighted by Crippen LogP contribution is 2.21. The van der Waals surface area contributed by atoms with Crippen LogP contribution in [0.25, 0.3) is 11.4 Å². The number of carbonyl (C=O) groups excluding carboxylic acids is 1. The minimum absolute atomic E-state index is 0.0501. The molecule has 3 rings (SSSR count). The molecule has 2 aromatic heterocycles. The lowest BCUT2D eigenvalue weighted by Crippen LogP contribution is -2.14. The van der Waals surface area contributed by atoms with Crippen LogP contribution in [0.1, 0.15) is 6.92 Å². The Morgan fingerprint density at radius 3 is 2.88 bits per heavy atom. The molecular weight excluding hydrogens is 322 g/mol. The minimum atomic E-state index is -0.0501. The van der Waals surface area contributed by atoms with E-state index >= 15 is 0 Å². The molecular formula is C17H17N5OS. The molecule has 1 N–H and O–H groups in total. The number of nitrogens with one attached hydrogen (secondary N) is 1. The molecule has 1 amide bonds. The molecule has 7 heteroatoms. The van der Waals surface area contributed by atoms with Crippen molar-refractivity contribution in [3.05, 3.63) is 55.1 Å². The zero-order chi connectivity index (χ0) is 16.8. The summed E-state index contributed by atoms with van der Waals surface area (Å²) in [6.07, 6.45) is 5.13. The fourth-order valence-electron chi connectivity index (χ4n) is 2.23. The summed E-state index contributed by atoms with van der Waals surface area (Å²) in [6, 6.07) is 11.4. The van der Waals surface area contributed by atoms with Crippen molar-refractivity contribution in [3.8, 4) is 11.4 Å². The molecule has 0 aliphatic rings. The quantitative estimate of drug-likeness (QED) is 0.699. The first-order chi connectivity index (χ1) is 11.8. The average molecular weight is 339 g/mol. The number of carbonyl (C=O) groups is 1. The van der Waals surface area contributed by atoms with Crippen LogP contribution in [0.15, 0.2) is 60.0 Å². The van der Waals surface area contributed by atoms with Crippen molar-refractivity contribution in [2.24, 2.45) is 0 Å². The van der Waals surface area contributed by atoms with Crippen molar-refractivity contribution < 1.29 is 4.79 Å². The van der Waals surface area contributed by atoms with Crippen molar-refractivity contribution in [1.29, 1.82) is 0 Å². The number of hydrogen-bond donors (Lipinski definition) is 1. The van der Waals surface area contributed by atoms with Gasteiger partial charge < -0.3 is 9.88 Å². The molecule has 24 heavy (non-hydrogen) atoms. The third kappa shape index (κ3) is 3.99. The highest BCUT2D eigenvalue weighted by Gasteiger charge is 2.08. The lowest BCUT2D eigenvalue weighted by molar-refractivity contribution is -0.113. The first-order valence-corrected chi connectivity index (χ1v) is 8.55. The summed E-state index contributed by atoms with van der Waals surface area (Å²) in [5, 5.41) is 11.0. The van der Waals surface area contributed by atoms with Gasteiger partial charge in [0, 0.05) is 35.1 Å². The second kappa shape index (κ2) is 7.74. The van der Waals surface area contributed by atoms with Crippen LogP contribution in [-0.2, 0) is 11.3 Å². The lowest BCUT2D eigenvalue weighted by Gasteiger charge is -2.08. The van der Waals surface area contributed by atoms with E-state index < -0.39 is 0 Å². The van der Waals surface area contributed by atoms with Crippen molar-refractivity contribution in [3.63, 3.8) is 0 Å². The maximum absolute atomic E-state index is 12.1. The van der Waals surface area contributed by atoms with Gasteiger partial charge in [0.05, 0.1) is 5.75 Å². The predicted octanol–water partition coefficient (Wildman–Crippen LogP) is 3.09. The van der Waals surface area contributed by atoms with E-state index in [2.05, 4.69) is 20.5 Å². The third-order valence-electron chi connectivity index (χ3n) is 3.38. The van der Waals surface area contributed by atoms with Crippen LogP contribution in [0, 0.1) is 0 Å². The summed E-state index contributed by atoms with van der Waals surface area (Å²) in [6.45, 7) is 2.83. The van der Waals surface area contributed by atoms with Gasteiger partial charge in [-0.05, 0) is 31.2 Å². The van der Waals surface area contributed by atoms with Crippen LogP contribution in [0.5, 0.6) is 0 Å². The molecule has 0 radical (unpaired) electrons. The Morgan fingerprint density at radius 2 is 2.08 bits per heavy atom. The standard InChI is InChI=1S/C17H17N5OS/c1-2-22-12-19-21-17(22)13-4-3-5-14(10-13)20-16(23)11-24-15-6-8-18-9-7-15/h3-10,12H,2,11H2,1H3,(H,20,23). The van der Waals surface area contributed by atoms with Gasteiger partial charge in [0.1, 0.15) is 6.33 Å². The van der Waals surface area contributed by atoms with Crippen molar-refractivity contribution >= 4 is 23.4 Å². The number of aryl methyl sites for hydroxylation is 1. The van der Waals surface area contributed by atoms with E-state index in [0.29, 0.717) is 5.75 Å². The molecule has 0 bridgehead atoms. The van der Waals surface area contributed by atoms with Crippen LogP contribution in [0.2, 0.25) is 0 Å². The fourth-order valence-corrected chi connectivity index (χ4v) is 2.91. The van der Waals surface area contributed by atoms with Crippen LogP contribution >= 0.6 is 11.8 Å². The monoisotopic (exact) mass is 339 g/mol. The molecule has 1 aromatic carbocycles. The SMILES string of the molecule is CCn1cnnc1-c1cccc(NC(=O)CSc2ccncc2)c1. The molecule has 3 aromatic rings. The molecule has 2 heterocycles. The molecule has 0 saturated heterocycles. The van der Waals surface area contributed by atoms with Gasteiger partial charge in [-0.1, -0.05) is 12.1 Å². The number of amides is 1. The first-order valence-electron chi connectivity index (χ1n) is 7.57. The minimum Gasteiger partial charge on any atom is -0.325 e. The molecule has 0 unspecified atom stereocenters. The second-order valence-corrected chi connectivity index (χ2v) is 6.09.